The molecule has 0 bridgehead atoms. The Morgan fingerprint density at radius 3 is 2.69 bits per heavy atom. The number of hydrogen-bond donors (Lipinski definition) is 1. The van der Waals surface area contributed by atoms with Gasteiger partial charge in [-0.1, -0.05) is 6.92 Å². The van der Waals surface area contributed by atoms with E-state index in [0.717, 1.165) is 0 Å². The zero-order chi connectivity index (χ0) is 10.1. The number of ketones is 1. The molecule has 1 aliphatic rings. The Labute approximate surface area is 77.4 Å². The Morgan fingerprint density at radius 2 is 2.31 bits per heavy atom. The average molecular weight is 185 g/mol. The second-order valence-electron chi connectivity index (χ2n) is 3.82. The first-order valence-corrected chi connectivity index (χ1v) is 4.39. The van der Waals surface area contributed by atoms with Crippen LogP contribution in [-0.2, 0) is 14.3 Å². The van der Waals surface area contributed by atoms with Gasteiger partial charge in [0.15, 0.2) is 5.78 Å². The molecule has 1 saturated heterocycles. The summed E-state index contributed by atoms with van der Waals surface area (Å²) in [4.78, 5) is 21.8. The van der Waals surface area contributed by atoms with E-state index in [1.54, 1.807) is 13.8 Å². The van der Waals surface area contributed by atoms with Gasteiger partial charge in [0.25, 0.3) is 0 Å². The highest BCUT2D eigenvalue weighted by atomic mass is 16.6. The van der Waals surface area contributed by atoms with Crippen molar-refractivity contribution in [2.24, 2.45) is 11.7 Å². The Morgan fingerprint density at radius 1 is 1.77 bits per heavy atom. The minimum absolute atomic E-state index is 0.0461. The molecule has 2 N–H and O–H groups in total. The Bertz CT molecular complexity index is 223. The van der Waals surface area contributed by atoms with Gasteiger partial charge in [-0.2, -0.15) is 0 Å². The first kappa shape index (κ1) is 10.3. The quantitative estimate of drug-likeness (QED) is 0.479. The van der Waals surface area contributed by atoms with Crippen LogP contribution in [0.5, 0.6) is 0 Å². The van der Waals surface area contributed by atoms with Crippen LogP contribution in [0.2, 0.25) is 0 Å². The molecule has 4 heteroatoms. The fourth-order valence-corrected chi connectivity index (χ4v) is 1.34. The topological polar surface area (TPSA) is 72.7 Å². The number of nitrogens with two attached hydrogens (primary N) is 1. The van der Waals surface area contributed by atoms with Crippen molar-refractivity contribution < 1.29 is 14.3 Å². The second-order valence-corrected chi connectivity index (χ2v) is 3.82. The Kier molecular flexibility index (Phi) is 2.83. The Balaban J connectivity index is 2.43. The second kappa shape index (κ2) is 3.55. The normalized spacial score (nSPS) is 30.7. The van der Waals surface area contributed by atoms with Crippen LogP contribution in [0.1, 0.15) is 20.3 Å². The molecule has 0 aliphatic carbocycles. The number of carbonyl (C=O) groups excluding carboxylic acids is 2. The van der Waals surface area contributed by atoms with Gasteiger partial charge in [-0.15, -0.1) is 0 Å². The summed E-state index contributed by atoms with van der Waals surface area (Å²) < 4.78 is 5.02. The third kappa shape index (κ3) is 2.35. The molecule has 13 heavy (non-hydrogen) atoms. The highest BCUT2D eigenvalue weighted by Gasteiger charge is 2.48. The number of ether oxygens (including phenoxy) is 1. The molecule has 0 aromatic carbocycles. The van der Waals surface area contributed by atoms with Crippen LogP contribution in [0.15, 0.2) is 0 Å². The summed E-state index contributed by atoms with van der Waals surface area (Å²) in [6, 6.07) is -0.540. The molecule has 1 fully saturated rings. The summed E-state index contributed by atoms with van der Waals surface area (Å²) in [7, 11) is 0. The van der Waals surface area contributed by atoms with Gasteiger partial charge >= 0.3 is 0 Å². The van der Waals surface area contributed by atoms with Gasteiger partial charge in [-0.05, 0) is 13.3 Å². The molecule has 0 spiro atoms. The van der Waals surface area contributed by atoms with Gasteiger partial charge < -0.3 is 15.3 Å². The lowest BCUT2D eigenvalue weighted by Crippen LogP contribution is -2.33. The predicted molar refractivity (Wildman–Crippen MR) is 47.2 cm³/mol. The molecule has 0 amide bonds. The van der Waals surface area contributed by atoms with Gasteiger partial charge in [0.1, 0.15) is 11.9 Å². The van der Waals surface area contributed by atoms with Crippen molar-refractivity contribution in [3.05, 3.63) is 0 Å². The van der Waals surface area contributed by atoms with Crippen LogP contribution in [0.4, 0.5) is 0 Å². The lowest BCUT2D eigenvalue weighted by molar-refractivity contribution is -0.127. The van der Waals surface area contributed by atoms with E-state index in [2.05, 4.69) is 0 Å². The highest BCUT2D eigenvalue weighted by molar-refractivity contribution is 5.91. The van der Waals surface area contributed by atoms with Gasteiger partial charge in [-0.3, -0.25) is 4.79 Å². The van der Waals surface area contributed by atoms with Crippen LogP contribution in [0, 0.1) is 5.92 Å². The molecule has 0 aromatic heterocycles. The maximum atomic E-state index is 11.6. The standard InChI is InChI=1S/C9H15NO3/c1-6(3-7(10)4-11)8(12)9(2)5-13-9/h4,6-7H,3,5,10H2,1-2H3/t6?,7-,9+/m0/s1. The van der Waals surface area contributed by atoms with E-state index in [1.807, 2.05) is 0 Å². The third-order valence-corrected chi connectivity index (χ3v) is 2.35. The van der Waals surface area contributed by atoms with E-state index in [4.69, 9.17) is 10.5 Å². The lowest BCUT2D eigenvalue weighted by atomic mass is 9.91. The zero-order valence-electron chi connectivity index (χ0n) is 7.95. The molecule has 1 rings (SSSR count). The summed E-state index contributed by atoms with van der Waals surface area (Å²) >= 11 is 0. The van der Waals surface area contributed by atoms with Crippen LogP contribution >= 0.6 is 0 Å². The molecule has 0 aromatic rings. The summed E-state index contributed by atoms with van der Waals surface area (Å²) in [5, 5.41) is 0. The van der Waals surface area contributed by atoms with Crippen LogP contribution in [0.3, 0.4) is 0 Å². The summed E-state index contributed by atoms with van der Waals surface area (Å²) in [6.07, 6.45) is 1.07. The summed E-state index contributed by atoms with van der Waals surface area (Å²) in [5.74, 6) is -0.155. The molecule has 1 heterocycles. The van der Waals surface area contributed by atoms with E-state index in [0.29, 0.717) is 19.3 Å². The Hall–Kier alpha value is -0.740. The SMILES string of the molecule is CC(C[C@H](N)C=O)C(=O)[C@@]1(C)CO1. The van der Waals surface area contributed by atoms with E-state index in [-0.39, 0.29) is 11.7 Å². The van der Waals surface area contributed by atoms with Crippen LogP contribution < -0.4 is 5.73 Å². The smallest absolute Gasteiger partial charge is 0.169 e. The average Bonchev–Trinajstić information content (AvgIpc) is 2.83. The molecular formula is C9H15NO3. The van der Waals surface area contributed by atoms with Crippen LogP contribution in [0.25, 0.3) is 0 Å². The maximum Gasteiger partial charge on any atom is 0.169 e. The van der Waals surface area contributed by atoms with E-state index >= 15 is 0 Å². The van der Waals surface area contributed by atoms with E-state index < -0.39 is 11.6 Å². The molecule has 0 radical (unpaired) electrons. The van der Waals surface area contributed by atoms with Gasteiger partial charge in [0.2, 0.25) is 0 Å². The molecule has 4 nitrogen and oxygen atoms in total. The number of rotatable bonds is 5. The first-order chi connectivity index (χ1) is 5.99. The fraction of sp³-hybridized carbons (Fsp3) is 0.778. The largest absolute Gasteiger partial charge is 0.362 e. The zero-order valence-corrected chi connectivity index (χ0v) is 7.95. The number of hydrogen-bond acceptors (Lipinski definition) is 4. The predicted octanol–water partition coefficient (Wildman–Crippen LogP) is -0.103. The minimum atomic E-state index is -0.595. The van der Waals surface area contributed by atoms with Crippen molar-refractivity contribution in [2.45, 2.75) is 31.9 Å². The summed E-state index contributed by atoms with van der Waals surface area (Å²) in [5.41, 5.74) is 4.82. The highest BCUT2D eigenvalue weighted by Crippen LogP contribution is 2.30. The van der Waals surface area contributed by atoms with Crippen LogP contribution in [-0.4, -0.2) is 30.3 Å². The van der Waals surface area contributed by atoms with Gasteiger partial charge in [0, 0.05) is 5.92 Å². The van der Waals surface area contributed by atoms with Crippen molar-refractivity contribution in [3.63, 3.8) is 0 Å². The van der Waals surface area contributed by atoms with Crippen molar-refractivity contribution in [3.8, 4) is 0 Å². The van der Waals surface area contributed by atoms with Crippen molar-refractivity contribution >= 4 is 12.1 Å². The molecule has 0 saturated carbocycles. The number of carbonyl (C=O) groups is 2. The first-order valence-electron chi connectivity index (χ1n) is 4.39. The van der Waals surface area contributed by atoms with E-state index in [1.165, 1.54) is 0 Å². The van der Waals surface area contributed by atoms with Crippen molar-refractivity contribution in [1.29, 1.82) is 0 Å². The molecule has 3 atom stereocenters. The molecule has 74 valence electrons. The van der Waals surface area contributed by atoms with Gasteiger partial charge in [0.05, 0.1) is 12.6 Å². The van der Waals surface area contributed by atoms with Crippen molar-refractivity contribution in [1.82, 2.24) is 0 Å². The van der Waals surface area contributed by atoms with Crippen molar-refractivity contribution in [2.75, 3.05) is 6.61 Å². The minimum Gasteiger partial charge on any atom is -0.362 e. The number of Topliss-reactive ketones (excluding diaryl/α,β-unsaturated/α-hetero) is 1. The monoisotopic (exact) mass is 185 g/mol. The van der Waals surface area contributed by atoms with Gasteiger partial charge in [-0.25, -0.2) is 0 Å². The number of aldehydes is 1. The fourth-order valence-electron chi connectivity index (χ4n) is 1.34. The molecule has 1 unspecified atom stereocenters. The third-order valence-electron chi connectivity index (χ3n) is 2.35. The maximum absolute atomic E-state index is 11.6. The molecule has 1 aliphatic heterocycles. The lowest BCUT2D eigenvalue weighted by Gasteiger charge is -2.13. The number of epoxide rings is 1. The molecular weight excluding hydrogens is 170 g/mol. The van der Waals surface area contributed by atoms with E-state index in [9.17, 15) is 9.59 Å². The summed E-state index contributed by atoms with van der Waals surface area (Å²) in [6.45, 7) is 4.03.